The molecule has 76 valence electrons. The Morgan fingerprint density at radius 3 is 2.86 bits per heavy atom. The van der Waals surface area contributed by atoms with Gasteiger partial charge in [-0.3, -0.25) is 0 Å². The van der Waals surface area contributed by atoms with E-state index in [4.69, 9.17) is 16.3 Å². The van der Waals surface area contributed by atoms with E-state index in [-0.39, 0.29) is 11.4 Å². The predicted octanol–water partition coefficient (Wildman–Crippen LogP) is 1.52. The molecule has 0 saturated carbocycles. The molecule has 0 amide bonds. The van der Waals surface area contributed by atoms with E-state index < -0.39 is 0 Å². The van der Waals surface area contributed by atoms with E-state index in [0.717, 1.165) is 24.3 Å². The van der Waals surface area contributed by atoms with Crippen LogP contribution >= 0.6 is 11.6 Å². The van der Waals surface area contributed by atoms with Gasteiger partial charge in [-0.25, -0.2) is 4.98 Å². The third kappa shape index (κ3) is 1.81. The summed E-state index contributed by atoms with van der Waals surface area (Å²) in [5.74, 6) is 0.611. The summed E-state index contributed by atoms with van der Waals surface area (Å²) in [5, 5.41) is 3.44. The zero-order valence-corrected chi connectivity index (χ0v) is 8.93. The summed E-state index contributed by atoms with van der Waals surface area (Å²) in [7, 11) is 0. The Balaban J connectivity index is 2.38. The fraction of sp³-hybridized carbons (Fsp3) is 0.556. The summed E-state index contributed by atoms with van der Waals surface area (Å²) >= 11 is 5.78. The molecule has 0 aromatic carbocycles. The topological polar surface area (TPSA) is 47.0 Å². The predicted molar refractivity (Wildman–Crippen MR) is 53.3 cm³/mol. The average Bonchev–Trinajstić information content (AvgIpc) is 2.50. The maximum atomic E-state index is 5.78. The lowest BCUT2D eigenvalue weighted by Crippen LogP contribution is -2.10. The minimum Gasteiger partial charge on any atom is -0.475 e. The van der Waals surface area contributed by atoms with Gasteiger partial charge in [-0.15, -0.1) is 0 Å². The van der Waals surface area contributed by atoms with Gasteiger partial charge in [0.05, 0.1) is 17.4 Å². The summed E-state index contributed by atoms with van der Waals surface area (Å²) in [5.41, 5.74) is 1.98. The number of halogens is 1. The van der Waals surface area contributed by atoms with Crippen LogP contribution in [0.1, 0.15) is 25.1 Å². The lowest BCUT2D eigenvalue weighted by Gasteiger charge is -2.11. The van der Waals surface area contributed by atoms with Crippen LogP contribution in [0.3, 0.4) is 0 Å². The molecule has 0 unspecified atom stereocenters. The van der Waals surface area contributed by atoms with Crippen LogP contribution in [-0.2, 0) is 13.1 Å². The Labute approximate surface area is 87.7 Å². The summed E-state index contributed by atoms with van der Waals surface area (Å²) in [6.07, 6.45) is 0.102. The van der Waals surface area contributed by atoms with Crippen LogP contribution in [0.5, 0.6) is 5.88 Å². The van der Waals surface area contributed by atoms with E-state index in [1.54, 1.807) is 0 Å². The first-order chi connectivity index (χ1) is 6.66. The lowest BCUT2D eigenvalue weighted by molar-refractivity contribution is 0.229. The van der Waals surface area contributed by atoms with Crippen LogP contribution in [0.4, 0.5) is 0 Å². The van der Waals surface area contributed by atoms with Gasteiger partial charge < -0.3 is 10.1 Å². The Kier molecular flexibility index (Phi) is 2.56. The van der Waals surface area contributed by atoms with Gasteiger partial charge in [0, 0.05) is 13.1 Å². The molecule has 1 N–H and O–H groups in total. The van der Waals surface area contributed by atoms with Gasteiger partial charge in [0.1, 0.15) is 0 Å². The number of aromatic nitrogens is 2. The first-order valence-electron chi connectivity index (χ1n) is 4.59. The summed E-state index contributed by atoms with van der Waals surface area (Å²) < 4.78 is 5.56. The number of nitrogens with zero attached hydrogens (tertiary/aromatic N) is 2. The average molecular weight is 214 g/mol. The zero-order valence-electron chi connectivity index (χ0n) is 8.17. The molecule has 1 aromatic rings. The Morgan fingerprint density at radius 1 is 1.36 bits per heavy atom. The highest BCUT2D eigenvalue weighted by Gasteiger charge is 2.19. The Hall–Kier alpha value is -0.870. The van der Waals surface area contributed by atoms with E-state index in [1.807, 2.05) is 13.8 Å². The van der Waals surface area contributed by atoms with E-state index in [0.29, 0.717) is 5.88 Å². The monoisotopic (exact) mass is 213 g/mol. The third-order valence-electron chi connectivity index (χ3n) is 1.97. The first kappa shape index (κ1) is 9.68. The highest BCUT2D eigenvalue weighted by atomic mass is 35.5. The van der Waals surface area contributed by atoms with Crippen LogP contribution in [0.15, 0.2) is 0 Å². The second-order valence-electron chi connectivity index (χ2n) is 3.49. The molecule has 0 saturated heterocycles. The summed E-state index contributed by atoms with van der Waals surface area (Å²) in [4.78, 5) is 8.21. The molecule has 0 spiro atoms. The molecule has 2 rings (SSSR count). The number of ether oxygens (including phenoxy) is 1. The molecule has 1 aliphatic rings. The lowest BCUT2D eigenvalue weighted by atomic mass is 10.2. The van der Waals surface area contributed by atoms with E-state index >= 15 is 0 Å². The van der Waals surface area contributed by atoms with Crippen molar-refractivity contribution in [3.63, 3.8) is 0 Å². The SMILES string of the molecule is CC(C)Oc1nc(Cl)nc2c1CNC2. The van der Waals surface area contributed by atoms with Gasteiger partial charge in [-0.05, 0) is 25.4 Å². The van der Waals surface area contributed by atoms with Crippen molar-refractivity contribution in [2.45, 2.75) is 33.0 Å². The van der Waals surface area contributed by atoms with Crippen molar-refractivity contribution < 1.29 is 4.74 Å². The van der Waals surface area contributed by atoms with E-state index in [2.05, 4.69) is 15.3 Å². The highest BCUT2D eigenvalue weighted by Crippen LogP contribution is 2.25. The molecule has 0 radical (unpaired) electrons. The van der Waals surface area contributed by atoms with Crippen LogP contribution in [0, 0.1) is 0 Å². The molecular formula is C9H12ClN3O. The van der Waals surface area contributed by atoms with Crippen LogP contribution < -0.4 is 10.1 Å². The van der Waals surface area contributed by atoms with E-state index in [1.165, 1.54) is 0 Å². The second kappa shape index (κ2) is 3.71. The van der Waals surface area contributed by atoms with Gasteiger partial charge in [0.25, 0.3) is 0 Å². The maximum absolute atomic E-state index is 5.78. The number of rotatable bonds is 2. The Bertz CT molecular complexity index is 354. The van der Waals surface area contributed by atoms with Crippen molar-refractivity contribution in [2.75, 3.05) is 0 Å². The first-order valence-corrected chi connectivity index (χ1v) is 4.97. The largest absolute Gasteiger partial charge is 0.475 e. The van der Waals surface area contributed by atoms with Crippen LogP contribution in [0.25, 0.3) is 0 Å². The molecule has 1 aromatic heterocycles. The number of hydrogen-bond donors (Lipinski definition) is 1. The van der Waals surface area contributed by atoms with Gasteiger partial charge in [0.2, 0.25) is 11.2 Å². The van der Waals surface area contributed by atoms with Crippen LogP contribution in [0.2, 0.25) is 5.28 Å². The quantitative estimate of drug-likeness (QED) is 0.757. The molecule has 0 fully saturated rings. The number of nitrogens with one attached hydrogen (secondary N) is 1. The number of hydrogen-bond acceptors (Lipinski definition) is 4. The summed E-state index contributed by atoms with van der Waals surface area (Å²) in [6, 6.07) is 0. The maximum Gasteiger partial charge on any atom is 0.225 e. The fourth-order valence-corrected chi connectivity index (χ4v) is 1.61. The standard InChI is InChI=1S/C9H12ClN3O/c1-5(2)14-8-6-3-11-4-7(6)12-9(10)13-8/h5,11H,3-4H2,1-2H3. The van der Waals surface area contributed by atoms with Crippen molar-refractivity contribution in [2.24, 2.45) is 0 Å². The highest BCUT2D eigenvalue weighted by molar-refractivity contribution is 6.28. The molecular weight excluding hydrogens is 202 g/mol. The second-order valence-corrected chi connectivity index (χ2v) is 3.83. The molecule has 2 heterocycles. The van der Waals surface area contributed by atoms with Crippen molar-refractivity contribution >= 4 is 11.6 Å². The summed E-state index contributed by atoms with van der Waals surface area (Å²) in [6.45, 7) is 5.43. The molecule has 14 heavy (non-hydrogen) atoms. The fourth-order valence-electron chi connectivity index (χ4n) is 1.43. The number of fused-ring (bicyclic) bond motifs is 1. The third-order valence-corrected chi connectivity index (χ3v) is 2.14. The van der Waals surface area contributed by atoms with Gasteiger partial charge in [-0.2, -0.15) is 4.98 Å². The van der Waals surface area contributed by atoms with Crippen molar-refractivity contribution in [1.82, 2.24) is 15.3 Å². The van der Waals surface area contributed by atoms with Gasteiger partial charge >= 0.3 is 0 Å². The zero-order chi connectivity index (χ0) is 10.1. The molecule has 5 heteroatoms. The van der Waals surface area contributed by atoms with Crippen molar-refractivity contribution in [3.05, 3.63) is 16.5 Å². The minimum absolute atomic E-state index is 0.102. The van der Waals surface area contributed by atoms with Gasteiger partial charge in [0.15, 0.2) is 0 Å². The normalized spacial score (nSPS) is 14.6. The smallest absolute Gasteiger partial charge is 0.225 e. The molecule has 4 nitrogen and oxygen atoms in total. The van der Waals surface area contributed by atoms with Crippen molar-refractivity contribution in [1.29, 1.82) is 0 Å². The van der Waals surface area contributed by atoms with Crippen LogP contribution in [-0.4, -0.2) is 16.1 Å². The molecule has 0 aliphatic carbocycles. The van der Waals surface area contributed by atoms with Gasteiger partial charge in [-0.1, -0.05) is 0 Å². The molecule has 1 aliphatic heterocycles. The molecule has 0 atom stereocenters. The molecule has 0 bridgehead atoms. The van der Waals surface area contributed by atoms with E-state index in [9.17, 15) is 0 Å². The van der Waals surface area contributed by atoms with Crippen molar-refractivity contribution in [3.8, 4) is 5.88 Å². The Morgan fingerprint density at radius 2 is 2.14 bits per heavy atom. The minimum atomic E-state index is 0.102.